The number of thioether (sulfide) groups is 1. The van der Waals surface area contributed by atoms with Crippen LogP contribution in [-0.2, 0) is 4.79 Å². The number of methoxy groups -OCH3 is 1. The van der Waals surface area contributed by atoms with Crippen molar-refractivity contribution in [2.45, 2.75) is 17.3 Å². The summed E-state index contributed by atoms with van der Waals surface area (Å²) >= 11 is 0.304. The number of hydrogen-bond donors (Lipinski definition) is 1. The van der Waals surface area contributed by atoms with Crippen molar-refractivity contribution in [2.24, 2.45) is 0 Å². The van der Waals surface area contributed by atoms with Crippen molar-refractivity contribution in [1.29, 1.82) is 0 Å². The molecular formula is C18H15F4NO3S. The predicted octanol–water partition coefficient (Wildman–Crippen LogP) is 5.26. The molecule has 0 spiro atoms. The van der Waals surface area contributed by atoms with Gasteiger partial charge in [-0.05, 0) is 24.3 Å². The van der Waals surface area contributed by atoms with Gasteiger partial charge in [-0.25, -0.2) is 0 Å². The molecule has 1 amide bonds. The highest BCUT2D eigenvalue weighted by Gasteiger charge is 2.14. The summed E-state index contributed by atoms with van der Waals surface area (Å²) in [6, 6.07) is 10.5. The quantitative estimate of drug-likeness (QED) is 0.372. The standard InChI is InChI=1S/C18H15F4NO3S/c1-25-13-7-4-5-11(16(13)26-17(19)20)9-10-15(24)23-12-6-2-3-8-14(12)27-18(21)22/h2-10,17-18H,1H3,(H,23,24)/b10-9+. The Morgan fingerprint density at radius 2 is 1.85 bits per heavy atom. The van der Waals surface area contributed by atoms with Crippen molar-refractivity contribution in [3.05, 3.63) is 54.1 Å². The van der Waals surface area contributed by atoms with Gasteiger partial charge in [0, 0.05) is 16.5 Å². The van der Waals surface area contributed by atoms with Crippen molar-refractivity contribution < 1.29 is 31.8 Å². The average Bonchev–Trinajstić information content (AvgIpc) is 2.61. The number of ether oxygens (including phenoxy) is 2. The summed E-state index contributed by atoms with van der Waals surface area (Å²) in [4.78, 5) is 12.3. The summed E-state index contributed by atoms with van der Waals surface area (Å²) < 4.78 is 59.8. The van der Waals surface area contributed by atoms with Gasteiger partial charge in [0.15, 0.2) is 11.5 Å². The van der Waals surface area contributed by atoms with Crippen molar-refractivity contribution in [3.63, 3.8) is 0 Å². The van der Waals surface area contributed by atoms with Crippen LogP contribution < -0.4 is 14.8 Å². The molecule has 0 aliphatic carbocycles. The SMILES string of the molecule is COc1cccc(/C=C/C(=O)Nc2ccccc2SC(F)F)c1OC(F)F. The van der Waals surface area contributed by atoms with E-state index < -0.39 is 18.3 Å². The van der Waals surface area contributed by atoms with Gasteiger partial charge < -0.3 is 14.8 Å². The summed E-state index contributed by atoms with van der Waals surface area (Å²) in [5, 5.41) is 2.47. The molecule has 0 saturated carbocycles. The lowest BCUT2D eigenvalue weighted by Crippen LogP contribution is -2.09. The minimum atomic E-state index is -3.07. The van der Waals surface area contributed by atoms with Crippen LogP contribution >= 0.6 is 11.8 Å². The van der Waals surface area contributed by atoms with Crippen LogP contribution in [0.3, 0.4) is 0 Å². The number of rotatable bonds is 8. The lowest BCUT2D eigenvalue weighted by molar-refractivity contribution is -0.111. The molecule has 0 aromatic heterocycles. The third-order valence-electron chi connectivity index (χ3n) is 3.21. The van der Waals surface area contributed by atoms with Crippen LogP contribution in [0, 0.1) is 0 Å². The summed E-state index contributed by atoms with van der Waals surface area (Å²) in [6.07, 6.45) is 2.34. The van der Waals surface area contributed by atoms with Crippen LogP contribution in [0.1, 0.15) is 5.56 Å². The van der Waals surface area contributed by atoms with Crippen LogP contribution in [0.15, 0.2) is 53.4 Å². The first-order chi connectivity index (χ1) is 12.9. The van der Waals surface area contributed by atoms with E-state index in [-0.39, 0.29) is 27.6 Å². The number of anilines is 1. The van der Waals surface area contributed by atoms with Gasteiger partial charge >= 0.3 is 6.61 Å². The van der Waals surface area contributed by atoms with Crippen molar-refractivity contribution in [1.82, 2.24) is 0 Å². The van der Waals surface area contributed by atoms with E-state index in [1.165, 1.54) is 37.5 Å². The highest BCUT2D eigenvalue weighted by molar-refractivity contribution is 7.99. The van der Waals surface area contributed by atoms with Gasteiger partial charge in [0.05, 0.1) is 12.8 Å². The molecule has 0 radical (unpaired) electrons. The summed E-state index contributed by atoms with van der Waals surface area (Å²) in [7, 11) is 1.30. The number of alkyl halides is 4. The van der Waals surface area contributed by atoms with E-state index in [9.17, 15) is 22.4 Å². The molecule has 0 atom stereocenters. The molecule has 0 aliphatic heterocycles. The second-order valence-electron chi connectivity index (χ2n) is 4.95. The van der Waals surface area contributed by atoms with Crippen molar-refractivity contribution in [3.8, 4) is 11.5 Å². The van der Waals surface area contributed by atoms with Crippen LogP contribution in [0.5, 0.6) is 11.5 Å². The Kier molecular flexibility index (Phi) is 7.54. The first-order valence-corrected chi connectivity index (χ1v) is 8.43. The van der Waals surface area contributed by atoms with E-state index >= 15 is 0 Å². The monoisotopic (exact) mass is 401 g/mol. The topological polar surface area (TPSA) is 47.6 Å². The van der Waals surface area contributed by atoms with Gasteiger partial charge in [-0.1, -0.05) is 36.0 Å². The highest BCUT2D eigenvalue weighted by atomic mass is 32.2. The maximum atomic E-state index is 12.6. The highest BCUT2D eigenvalue weighted by Crippen LogP contribution is 2.34. The second kappa shape index (κ2) is 9.86. The minimum absolute atomic E-state index is 0.0801. The van der Waals surface area contributed by atoms with Crippen LogP contribution in [-0.4, -0.2) is 25.4 Å². The third-order valence-corrected chi connectivity index (χ3v) is 4.00. The molecule has 27 heavy (non-hydrogen) atoms. The first kappa shape index (κ1) is 20.6. The smallest absolute Gasteiger partial charge is 0.387 e. The molecule has 9 heteroatoms. The Hall–Kier alpha value is -2.68. The van der Waals surface area contributed by atoms with Gasteiger partial charge in [-0.15, -0.1) is 0 Å². The number of halogens is 4. The minimum Gasteiger partial charge on any atom is -0.493 e. The molecule has 0 unspecified atom stereocenters. The summed E-state index contributed by atoms with van der Waals surface area (Å²) in [5.41, 5.74) is 0.409. The maximum absolute atomic E-state index is 12.6. The van der Waals surface area contributed by atoms with Gasteiger partial charge in [-0.3, -0.25) is 4.79 Å². The molecule has 0 bridgehead atoms. The average molecular weight is 401 g/mol. The Bertz CT molecular complexity index is 815. The van der Waals surface area contributed by atoms with Crippen LogP contribution in [0.2, 0.25) is 0 Å². The zero-order chi connectivity index (χ0) is 19.8. The normalized spacial score (nSPS) is 11.2. The van der Waals surface area contributed by atoms with Gasteiger partial charge in [-0.2, -0.15) is 17.6 Å². The molecule has 2 aromatic carbocycles. The fourth-order valence-corrected chi connectivity index (χ4v) is 2.74. The third kappa shape index (κ3) is 6.21. The van der Waals surface area contributed by atoms with Crippen molar-refractivity contribution >= 4 is 29.4 Å². The number of hydrogen-bond acceptors (Lipinski definition) is 4. The summed E-state index contributed by atoms with van der Waals surface area (Å²) in [5.74, 6) is -3.39. The number of para-hydroxylation sites is 2. The van der Waals surface area contributed by atoms with Gasteiger partial charge in [0.1, 0.15) is 0 Å². The molecule has 0 heterocycles. The Labute approximate surface area is 157 Å². The largest absolute Gasteiger partial charge is 0.493 e. The summed E-state index contributed by atoms with van der Waals surface area (Å²) in [6.45, 7) is -3.07. The van der Waals surface area contributed by atoms with E-state index in [2.05, 4.69) is 10.1 Å². The zero-order valence-electron chi connectivity index (χ0n) is 14.0. The number of amides is 1. The molecule has 0 fully saturated rings. The van der Waals surface area contributed by atoms with Crippen LogP contribution in [0.4, 0.5) is 23.2 Å². The molecule has 2 aromatic rings. The number of nitrogens with one attached hydrogen (secondary N) is 1. The van der Waals surface area contributed by atoms with Crippen molar-refractivity contribution in [2.75, 3.05) is 12.4 Å². The van der Waals surface area contributed by atoms with Gasteiger partial charge in [0.2, 0.25) is 5.91 Å². The molecular weight excluding hydrogens is 386 g/mol. The molecule has 2 rings (SSSR count). The number of carbonyl (C=O) groups excluding carboxylic acids is 1. The molecule has 144 valence electrons. The fraction of sp³-hybridized carbons (Fsp3) is 0.167. The van der Waals surface area contributed by atoms with E-state index in [0.717, 1.165) is 6.08 Å². The zero-order valence-corrected chi connectivity index (χ0v) is 14.8. The Morgan fingerprint density at radius 1 is 1.11 bits per heavy atom. The molecule has 4 nitrogen and oxygen atoms in total. The lowest BCUT2D eigenvalue weighted by Gasteiger charge is -2.12. The Balaban J connectivity index is 2.18. The van der Waals surface area contributed by atoms with Gasteiger partial charge in [0.25, 0.3) is 5.76 Å². The fourth-order valence-electron chi connectivity index (χ4n) is 2.15. The number of benzene rings is 2. The molecule has 0 aliphatic rings. The predicted molar refractivity (Wildman–Crippen MR) is 95.6 cm³/mol. The molecule has 1 N–H and O–H groups in total. The maximum Gasteiger partial charge on any atom is 0.387 e. The lowest BCUT2D eigenvalue weighted by atomic mass is 10.1. The van der Waals surface area contributed by atoms with E-state index in [1.807, 2.05) is 0 Å². The van der Waals surface area contributed by atoms with Crippen LogP contribution in [0.25, 0.3) is 6.08 Å². The van der Waals surface area contributed by atoms with E-state index in [0.29, 0.717) is 11.8 Å². The molecule has 0 saturated heterocycles. The second-order valence-corrected chi connectivity index (χ2v) is 5.99. The van der Waals surface area contributed by atoms with E-state index in [4.69, 9.17) is 4.74 Å². The first-order valence-electron chi connectivity index (χ1n) is 7.55. The van der Waals surface area contributed by atoms with E-state index in [1.54, 1.807) is 18.2 Å². The Morgan fingerprint density at radius 3 is 2.52 bits per heavy atom. The number of carbonyl (C=O) groups is 1.